The number of hydrogen-bond acceptors (Lipinski definition) is 2. The number of rotatable bonds is 13. The first-order valence-electron chi connectivity index (χ1n) is 11.1. The molecule has 0 fully saturated rings. The van der Waals surface area contributed by atoms with Crippen LogP contribution in [0.15, 0.2) is 24.3 Å². The number of carbonyl (C=O) groups is 1. The van der Waals surface area contributed by atoms with Crippen LogP contribution in [0.25, 0.3) is 0 Å². The molecule has 154 valence electrons. The Balaban J connectivity index is 3.28. The van der Waals surface area contributed by atoms with Gasteiger partial charge in [-0.15, -0.1) is 0 Å². The summed E-state index contributed by atoms with van der Waals surface area (Å²) in [5.74, 6) is 0.855. The summed E-state index contributed by atoms with van der Waals surface area (Å²) in [5.41, 5.74) is 0. The van der Waals surface area contributed by atoms with Crippen LogP contribution < -0.4 is 8.32 Å². The first kappa shape index (κ1) is 24.3. The van der Waals surface area contributed by atoms with Gasteiger partial charge in [-0.05, 0) is 0 Å². The number of unbranched alkanes of at least 4 members (excludes halogenated alkanes) is 3. The first-order valence-corrected chi connectivity index (χ1v) is 18.6. The number of para-hydroxylation sites is 1. The maximum atomic E-state index is 12.6. The van der Waals surface area contributed by atoms with Crippen molar-refractivity contribution in [2.75, 3.05) is 13.1 Å². The summed E-state index contributed by atoms with van der Waals surface area (Å²) in [7, 11) is 0. The molecule has 0 aromatic heterocycles. The molecular formula is C23H41NO2Sn. The van der Waals surface area contributed by atoms with E-state index in [1.807, 2.05) is 26.0 Å². The second kappa shape index (κ2) is 13.5. The zero-order valence-electron chi connectivity index (χ0n) is 18.4. The van der Waals surface area contributed by atoms with Gasteiger partial charge in [0.1, 0.15) is 0 Å². The molecule has 0 N–H and O–H groups in total. The average molecular weight is 482 g/mol. The predicted octanol–water partition coefficient (Wildman–Crippen LogP) is 6.58. The average Bonchev–Trinajstić information content (AvgIpc) is 2.69. The molecule has 0 heterocycles. The van der Waals surface area contributed by atoms with E-state index in [1.54, 1.807) is 4.90 Å². The van der Waals surface area contributed by atoms with Gasteiger partial charge in [0.25, 0.3) is 0 Å². The molecule has 3 nitrogen and oxygen atoms in total. The molecule has 1 amide bonds. The SMILES string of the molecule is CCC[CH2][Sn]([CH2]CCC)([CH2]CCC)[c]1ccccc1OC(=O)N(CC)CC. The van der Waals surface area contributed by atoms with Gasteiger partial charge in [0, 0.05) is 0 Å². The van der Waals surface area contributed by atoms with Crippen LogP contribution in [0.4, 0.5) is 4.79 Å². The summed E-state index contributed by atoms with van der Waals surface area (Å²) in [6.45, 7) is 12.3. The Morgan fingerprint density at radius 2 is 1.33 bits per heavy atom. The minimum atomic E-state index is -2.62. The summed E-state index contributed by atoms with van der Waals surface area (Å²) in [6, 6.07) is 8.50. The molecule has 0 aliphatic heterocycles. The van der Waals surface area contributed by atoms with Crippen LogP contribution in [-0.4, -0.2) is 42.5 Å². The van der Waals surface area contributed by atoms with Crippen molar-refractivity contribution in [1.29, 1.82) is 0 Å². The quantitative estimate of drug-likeness (QED) is 0.297. The number of hydrogen-bond donors (Lipinski definition) is 0. The fourth-order valence-electron chi connectivity index (χ4n) is 3.96. The van der Waals surface area contributed by atoms with E-state index in [0.717, 1.165) is 5.75 Å². The minimum absolute atomic E-state index is 0.200. The third-order valence-corrected chi connectivity index (χ3v) is 21.4. The maximum absolute atomic E-state index is 12.6. The molecule has 0 bridgehead atoms. The van der Waals surface area contributed by atoms with Gasteiger partial charge in [-0.2, -0.15) is 0 Å². The zero-order chi connectivity index (χ0) is 20.1. The molecule has 0 aliphatic carbocycles. The second-order valence-electron chi connectivity index (χ2n) is 7.63. The number of amides is 1. The van der Waals surface area contributed by atoms with Crippen LogP contribution in [0.5, 0.6) is 5.75 Å². The van der Waals surface area contributed by atoms with Crippen molar-refractivity contribution >= 4 is 28.0 Å². The Bertz CT molecular complexity index is 521. The predicted molar refractivity (Wildman–Crippen MR) is 120 cm³/mol. The van der Waals surface area contributed by atoms with E-state index in [-0.39, 0.29) is 6.09 Å². The van der Waals surface area contributed by atoms with Crippen LogP contribution >= 0.6 is 0 Å². The van der Waals surface area contributed by atoms with Gasteiger partial charge in [-0.3, -0.25) is 0 Å². The Morgan fingerprint density at radius 1 is 0.852 bits per heavy atom. The van der Waals surface area contributed by atoms with Gasteiger partial charge in [0.15, 0.2) is 0 Å². The van der Waals surface area contributed by atoms with Crippen molar-refractivity contribution in [3.63, 3.8) is 0 Å². The monoisotopic (exact) mass is 483 g/mol. The zero-order valence-corrected chi connectivity index (χ0v) is 21.2. The molecule has 27 heavy (non-hydrogen) atoms. The normalized spacial score (nSPS) is 11.4. The van der Waals surface area contributed by atoms with E-state index in [9.17, 15) is 4.79 Å². The summed E-state index contributed by atoms with van der Waals surface area (Å²) >= 11 is -2.62. The molecule has 0 saturated carbocycles. The summed E-state index contributed by atoms with van der Waals surface area (Å²) in [4.78, 5) is 14.4. The van der Waals surface area contributed by atoms with Crippen molar-refractivity contribution in [1.82, 2.24) is 4.90 Å². The van der Waals surface area contributed by atoms with Crippen LogP contribution in [0, 0.1) is 0 Å². The summed E-state index contributed by atoms with van der Waals surface area (Å²) in [5, 5.41) is 0. The summed E-state index contributed by atoms with van der Waals surface area (Å²) < 4.78 is 11.6. The number of carbonyl (C=O) groups excluding carboxylic acids is 1. The van der Waals surface area contributed by atoms with Gasteiger partial charge < -0.3 is 0 Å². The van der Waals surface area contributed by atoms with E-state index in [0.29, 0.717) is 13.1 Å². The molecule has 0 spiro atoms. The molecule has 1 rings (SSSR count). The van der Waals surface area contributed by atoms with E-state index in [2.05, 4.69) is 32.9 Å². The molecule has 0 atom stereocenters. The number of nitrogens with zero attached hydrogens (tertiary/aromatic N) is 1. The van der Waals surface area contributed by atoms with Gasteiger partial charge >= 0.3 is 172 Å². The van der Waals surface area contributed by atoms with E-state index >= 15 is 0 Å². The van der Waals surface area contributed by atoms with Crippen molar-refractivity contribution in [2.45, 2.75) is 86.5 Å². The van der Waals surface area contributed by atoms with Gasteiger partial charge in [0.05, 0.1) is 0 Å². The Labute approximate surface area is 171 Å². The van der Waals surface area contributed by atoms with Gasteiger partial charge in [-0.1, -0.05) is 0 Å². The van der Waals surface area contributed by atoms with Gasteiger partial charge in [0.2, 0.25) is 0 Å². The van der Waals surface area contributed by atoms with E-state index in [4.69, 9.17) is 4.74 Å². The van der Waals surface area contributed by atoms with E-state index in [1.165, 1.54) is 55.4 Å². The third kappa shape index (κ3) is 7.32. The second-order valence-corrected chi connectivity index (χ2v) is 20.8. The molecule has 0 saturated heterocycles. The standard InChI is InChI=1S/C11H14NO2.3C4H9.Sn/c1-3-12(4-2)11(13)14-10-8-6-5-7-9-10;3*1-3-4-2;/h5-8H,3-4H2,1-2H3;3*1,3-4H2,2H3;. The van der Waals surface area contributed by atoms with Gasteiger partial charge in [-0.25, -0.2) is 0 Å². The van der Waals surface area contributed by atoms with Crippen LogP contribution in [0.2, 0.25) is 13.3 Å². The molecule has 0 radical (unpaired) electrons. The van der Waals surface area contributed by atoms with Crippen LogP contribution in [-0.2, 0) is 0 Å². The Kier molecular flexibility index (Phi) is 12.1. The molecule has 4 heteroatoms. The van der Waals surface area contributed by atoms with Crippen molar-refractivity contribution in [2.24, 2.45) is 0 Å². The molecule has 0 unspecified atom stereocenters. The number of ether oxygens (including phenoxy) is 1. The van der Waals surface area contributed by atoms with Crippen molar-refractivity contribution in [3.05, 3.63) is 24.3 Å². The fraction of sp³-hybridized carbons (Fsp3) is 0.696. The van der Waals surface area contributed by atoms with Crippen LogP contribution in [0.1, 0.15) is 73.1 Å². The third-order valence-electron chi connectivity index (χ3n) is 5.70. The molecule has 0 aliphatic rings. The summed E-state index contributed by atoms with van der Waals surface area (Å²) in [6.07, 6.45) is 7.47. The number of benzene rings is 1. The van der Waals surface area contributed by atoms with Crippen molar-refractivity contribution in [3.8, 4) is 5.75 Å². The van der Waals surface area contributed by atoms with E-state index < -0.39 is 18.4 Å². The van der Waals surface area contributed by atoms with Crippen molar-refractivity contribution < 1.29 is 9.53 Å². The van der Waals surface area contributed by atoms with Crippen LogP contribution in [0.3, 0.4) is 0 Å². The molecular weight excluding hydrogens is 441 g/mol. The molecule has 1 aromatic rings. The topological polar surface area (TPSA) is 29.5 Å². The Morgan fingerprint density at radius 3 is 1.78 bits per heavy atom. The Hall–Kier alpha value is -0.711. The fourth-order valence-corrected chi connectivity index (χ4v) is 20.4. The first-order chi connectivity index (χ1) is 13.1. The molecule has 1 aromatic carbocycles.